The molecule has 0 atom stereocenters. The highest BCUT2D eigenvalue weighted by molar-refractivity contribution is 7.22. The zero-order valence-corrected chi connectivity index (χ0v) is 16.9. The maximum Gasteiger partial charge on any atom is 0.232 e. The highest BCUT2D eigenvalue weighted by Gasteiger charge is 2.29. The molecule has 1 aromatic carbocycles. The van der Waals surface area contributed by atoms with Crippen molar-refractivity contribution in [3.05, 3.63) is 52.8 Å². The third-order valence-corrected chi connectivity index (χ3v) is 6.42. The minimum Gasteiger partial charge on any atom is -0.283 e. The van der Waals surface area contributed by atoms with Crippen LogP contribution in [0.15, 0.2) is 36.7 Å². The van der Waals surface area contributed by atoms with E-state index in [1.807, 2.05) is 36.1 Å². The van der Waals surface area contributed by atoms with E-state index in [9.17, 15) is 4.79 Å². The van der Waals surface area contributed by atoms with Crippen molar-refractivity contribution >= 4 is 44.2 Å². The summed E-state index contributed by atoms with van der Waals surface area (Å²) in [6, 6.07) is 7.76. The molecule has 0 bridgehead atoms. The average molecular weight is 400 g/mol. The number of halogens is 1. The topological polar surface area (TPSA) is 46.1 Å². The van der Waals surface area contributed by atoms with Crippen molar-refractivity contribution in [2.75, 3.05) is 4.90 Å². The SMILES string of the molecule is Cc1cc(Cl)cc2sc(N(Cc3ccncc3)C(=O)C3CCCCC3)nc12. The van der Waals surface area contributed by atoms with Crippen molar-refractivity contribution in [1.29, 1.82) is 0 Å². The van der Waals surface area contributed by atoms with Gasteiger partial charge in [0.05, 0.1) is 16.8 Å². The minimum absolute atomic E-state index is 0.0947. The molecule has 0 saturated heterocycles. The number of hydrogen-bond donors (Lipinski definition) is 0. The third kappa shape index (κ3) is 3.99. The molecule has 4 rings (SSSR count). The highest BCUT2D eigenvalue weighted by atomic mass is 35.5. The van der Waals surface area contributed by atoms with Crippen LogP contribution in [0, 0.1) is 12.8 Å². The number of carbonyl (C=O) groups is 1. The number of aryl methyl sites for hydroxylation is 1. The first-order valence-electron chi connectivity index (χ1n) is 9.39. The number of benzene rings is 1. The van der Waals surface area contributed by atoms with E-state index in [0.717, 1.165) is 52.2 Å². The number of hydrogen-bond acceptors (Lipinski definition) is 4. The van der Waals surface area contributed by atoms with Gasteiger partial charge in [0.2, 0.25) is 5.91 Å². The first kappa shape index (κ1) is 18.4. The van der Waals surface area contributed by atoms with E-state index in [4.69, 9.17) is 16.6 Å². The van der Waals surface area contributed by atoms with E-state index >= 15 is 0 Å². The van der Waals surface area contributed by atoms with Crippen LogP contribution in [0.1, 0.15) is 43.2 Å². The fourth-order valence-electron chi connectivity index (χ4n) is 3.74. The van der Waals surface area contributed by atoms with Gasteiger partial charge in [-0.3, -0.25) is 14.7 Å². The quantitative estimate of drug-likeness (QED) is 0.559. The van der Waals surface area contributed by atoms with E-state index in [-0.39, 0.29) is 11.8 Å². The Morgan fingerprint density at radius 1 is 1.22 bits per heavy atom. The van der Waals surface area contributed by atoms with E-state index in [1.165, 1.54) is 17.8 Å². The number of nitrogens with zero attached hydrogens (tertiary/aromatic N) is 3. The van der Waals surface area contributed by atoms with Gasteiger partial charge in [0.1, 0.15) is 0 Å². The van der Waals surface area contributed by atoms with Crippen LogP contribution in [-0.4, -0.2) is 15.9 Å². The lowest BCUT2D eigenvalue weighted by Crippen LogP contribution is -2.36. The van der Waals surface area contributed by atoms with Gasteiger partial charge in [-0.1, -0.05) is 42.2 Å². The monoisotopic (exact) mass is 399 g/mol. The average Bonchev–Trinajstić information content (AvgIpc) is 3.11. The third-order valence-electron chi connectivity index (χ3n) is 5.18. The molecule has 140 valence electrons. The Bertz CT molecular complexity index is 951. The van der Waals surface area contributed by atoms with Crippen LogP contribution in [0.4, 0.5) is 5.13 Å². The Hall–Kier alpha value is -1.98. The Kier molecular flexibility index (Phi) is 5.41. The molecule has 1 aliphatic rings. The highest BCUT2D eigenvalue weighted by Crippen LogP contribution is 2.35. The van der Waals surface area contributed by atoms with Gasteiger partial charge in [0.15, 0.2) is 5.13 Å². The van der Waals surface area contributed by atoms with Crippen molar-refractivity contribution < 1.29 is 4.79 Å². The molecule has 3 aromatic rings. The number of anilines is 1. The molecule has 1 saturated carbocycles. The van der Waals surface area contributed by atoms with Gasteiger partial charge in [-0.05, 0) is 55.2 Å². The molecule has 0 radical (unpaired) electrons. The van der Waals surface area contributed by atoms with Crippen LogP contribution >= 0.6 is 22.9 Å². The number of aromatic nitrogens is 2. The molecular formula is C21H22ClN3OS. The molecule has 2 aromatic heterocycles. The second-order valence-corrected chi connectivity index (χ2v) is 8.63. The molecule has 27 heavy (non-hydrogen) atoms. The van der Waals surface area contributed by atoms with Crippen molar-refractivity contribution in [1.82, 2.24) is 9.97 Å². The number of fused-ring (bicyclic) bond motifs is 1. The van der Waals surface area contributed by atoms with Gasteiger partial charge < -0.3 is 0 Å². The zero-order valence-electron chi connectivity index (χ0n) is 15.3. The maximum absolute atomic E-state index is 13.4. The van der Waals surface area contributed by atoms with E-state index < -0.39 is 0 Å². The standard InChI is InChI=1S/C21H22ClN3OS/c1-14-11-17(22)12-18-19(14)24-21(27-18)25(13-15-7-9-23-10-8-15)20(26)16-5-3-2-4-6-16/h7-12,16H,2-6,13H2,1H3. The summed E-state index contributed by atoms with van der Waals surface area (Å²) in [5, 5.41) is 1.46. The van der Waals surface area contributed by atoms with E-state index in [2.05, 4.69) is 4.98 Å². The summed E-state index contributed by atoms with van der Waals surface area (Å²) in [5.41, 5.74) is 3.02. The molecule has 0 unspecified atom stereocenters. The molecule has 0 spiro atoms. The molecule has 1 amide bonds. The molecule has 4 nitrogen and oxygen atoms in total. The molecule has 2 heterocycles. The van der Waals surface area contributed by atoms with Crippen LogP contribution in [0.5, 0.6) is 0 Å². The van der Waals surface area contributed by atoms with Crippen LogP contribution in [0.3, 0.4) is 0 Å². The van der Waals surface area contributed by atoms with Crippen molar-refractivity contribution in [2.24, 2.45) is 5.92 Å². The number of pyridine rings is 1. The second kappa shape index (κ2) is 7.95. The lowest BCUT2D eigenvalue weighted by atomic mass is 9.88. The lowest BCUT2D eigenvalue weighted by molar-refractivity contribution is -0.123. The van der Waals surface area contributed by atoms with Crippen LogP contribution in [0.2, 0.25) is 5.02 Å². The predicted molar refractivity (Wildman–Crippen MR) is 111 cm³/mol. The first-order chi connectivity index (χ1) is 13.1. The summed E-state index contributed by atoms with van der Waals surface area (Å²) in [6.07, 6.45) is 8.97. The van der Waals surface area contributed by atoms with Gasteiger partial charge in [0, 0.05) is 23.3 Å². The van der Waals surface area contributed by atoms with Crippen LogP contribution < -0.4 is 4.90 Å². The lowest BCUT2D eigenvalue weighted by Gasteiger charge is -2.27. The van der Waals surface area contributed by atoms with E-state index in [0.29, 0.717) is 11.6 Å². The van der Waals surface area contributed by atoms with E-state index in [1.54, 1.807) is 12.4 Å². The second-order valence-electron chi connectivity index (χ2n) is 7.18. The smallest absolute Gasteiger partial charge is 0.232 e. The van der Waals surface area contributed by atoms with Gasteiger partial charge in [-0.25, -0.2) is 4.98 Å². The van der Waals surface area contributed by atoms with Crippen LogP contribution in [0.25, 0.3) is 10.2 Å². The predicted octanol–water partition coefficient (Wildman–Crippen LogP) is 5.77. The summed E-state index contributed by atoms with van der Waals surface area (Å²) >= 11 is 7.76. The minimum atomic E-state index is 0.0947. The van der Waals surface area contributed by atoms with Gasteiger partial charge in [-0.2, -0.15) is 0 Å². The number of carbonyl (C=O) groups excluding carboxylic acids is 1. The Balaban J connectivity index is 1.72. The van der Waals surface area contributed by atoms with Crippen molar-refractivity contribution in [2.45, 2.75) is 45.6 Å². The molecule has 1 aliphatic carbocycles. The van der Waals surface area contributed by atoms with Gasteiger partial charge in [-0.15, -0.1) is 0 Å². The zero-order chi connectivity index (χ0) is 18.8. The Morgan fingerprint density at radius 2 is 1.96 bits per heavy atom. The molecule has 6 heteroatoms. The summed E-state index contributed by atoms with van der Waals surface area (Å²) in [4.78, 5) is 24.1. The first-order valence-corrected chi connectivity index (χ1v) is 10.6. The molecule has 0 aliphatic heterocycles. The normalized spacial score (nSPS) is 15.2. The van der Waals surface area contributed by atoms with Gasteiger partial charge in [0.25, 0.3) is 0 Å². The molecular weight excluding hydrogens is 378 g/mol. The number of thiazole rings is 1. The van der Waals surface area contributed by atoms with Crippen molar-refractivity contribution in [3.63, 3.8) is 0 Å². The summed E-state index contributed by atoms with van der Waals surface area (Å²) < 4.78 is 1.02. The molecule has 0 N–H and O–H groups in total. The fourth-order valence-corrected chi connectivity index (χ4v) is 5.16. The Morgan fingerprint density at radius 3 is 2.70 bits per heavy atom. The van der Waals surface area contributed by atoms with Crippen molar-refractivity contribution in [3.8, 4) is 0 Å². The fraction of sp³-hybridized carbons (Fsp3) is 0.381. The summed E-state index contributed by atoms with van der Waals surface area (Å²) in [6.45, 7) is 2.53. The summed E-state index contributed by atoms with van der Waals surface area (Å²) in [5.74, 6) is 0.284. The maximum atomic E-state index is 13.4. The number of rotatable bonds is 4. The summed E-state index contributed by atoms with van der Waals surface area (Å²) in [7, 11) is 0. The Labute approximate surface area is 168 Å². The molecule has 1 fully saturated rings. The number of amides is 1. The van der Waals surface area contributed by atoms with Crippen LogP contribution in [-0.2, 0) is 11.3 Å². The largest absolute Gasteiger partial charge is 0.283 e. The van der Waals surface area contributed by atoms with Gasteiger partial charge >= 0.3 is 0 Å².